The molecule has 0 aromatic heterocycles. The summed E-state index contributed by atoms with van der Waals surface area (Å²) in [5.41, 5.74) is 2.40. The molecule has 19 heavy (non-hydrogen) atoms. The average Bonchev–Trinajstić information content (AvgIpc) is 2.47. The number of methoxy groups -OCH3 is 1. The van der Waals surface area contributed by atoms with E-state index in [1.807, 2.05) is 12.1 Å². The molecule has 0 aliphatic rings. The summed E-state index contributed by atoms with van der Waals surface area (Å²) in [5, 5.41) is 2.53. The first kappa shape index (κ1) is 13.2. The van der Waals surface area contributed by atoms with E-state index in [0.29, 0.717) is 0 Å². The average molecular weight is 250 g/mol. The Labute approximate surface area is 114 Å². The predicted molar refractivity (Wildman–Crippen MR) is 82.7 cm³/mol. The molecule has 3 rings (SSSR count). The van der Waals surface area contributed by atoms with Crippen molar-refractivity contribution in [3.05, 3.63) is 66.7 Å². The van der Waals surface area contributed by atoms with Crippen molar-refractivity contribution in [2.24, 2.45) is 0 Å². The second-order valence-corrected chi connectivity index (χ2v) is 4.29. The first-order valence-corrected chi connectivity index (χ1v) is 6.00. The van der Waals surface area contributed by atoms with E-state index < -0.39 is 0 Å². The van der Waals surface area contributed by atoms with Gasteiger partial charge in [0.05, 0.1) is 7.11 Å². The standard InChI is InChI=1S/C17H14O.CH4/c1-18-17-8-4-7-15(12-17)16-10-9-13-5-2-3-6-14(13)11-16;/h2-12H,1H3;1H4. The smallest absolute Gasteiger partial charge is 0.119 e. The quantitative estimate of drug-likeness (QED) is 0.611. The van der Waals surface area contributed by atoms with Crippen LogP contribution in [0.25, 0.3) is 21.9 Å². The summed E-state index contributed by atoms with van der Waals surface area (Å²) in [6.07, 6.45) is 0. The highest BCUT2D eigenvalue weighted by Crippen LogP contribution is 2.26. The number of hydrogen-bond acceptors (Lipinski definition) is 1. The molecule has 0 fully saturated rings. The molecule has 0 unspecified atom stereocenters. The molecule has 1 heteroatoms. The van der Waals surface area contributed by atoms with E-state index in [1.165, 1.54) is 21.9 Å². The summed E-state index contributed by atoms with van der Waals surface area (Å²) in [5.74, 6) is 0.889. The Morgan fingerprint density at radius 3 is 2.21 bits per heavy atom. The molecule has 0 atom stereocenters. The monoisotopic (exact) mass is 250 g/mol. The lowest BCUT2D eigenvalue weighted by atomic mass is 10.0. The van der Waals surface area contributed by atoms with Gasteiger partial charge in [-0.05, 0) is 40.1 Å². The number of rotatable bonds is 2. The number of benzene rings is 3. The van der Waals surface area contributed by atoms with Crippen LogP contribution in [0.5, 0.6) is 5.75 Å². The Balaban J connectivity index is 0.00000133. The second-order valence-electron chi connectivity index (χ2n) is 4.29. The summed E-state index contributed by atoms with van der Waals surface area (Å²) >= 11 is 0. The van der Waals surface area contributed by atoms with Crippen LogP contribution < -0.4 is 4.74 Å². The molecular formula is C18H18O. The molecule has 0 N–H and O–H groups in total. The number of fused-ring (bicyclic) bond motifs is 1. The zero-order valence-corrected chi connectivity index (χ0v) is 10.3. The second kappa shape index (κ2) is 5.57. The lowest BCUT2D eigenvalue weighted by Crippen LogP contribution is -1.84. The fraction of sp³-hybridized carbons (Fsp3) is 0.111. The Morgan fingerprint density at radius 2 is 1.42 bits per heavy atom. The first-order valence-electron chi connectivity index (χ1n) is 6.00. The Morgan fingerprint density at radius 1 is 0.684 bits per heavy atom. The molecule has 0 saturated carbocycles. The molecule has 0 saturated heterocycles. The number of hydrogen-bond donors (Lipinski definition) is 0. The van der Waals surface area contributed by atoms with Crippen molar-refractivity contribution in [1.82, 2.24) is 0 Å². The van der Waals surface area contributed by atoms with Crippen molar-refractivity contribution < 1.29 is 4.74 Å². The van der Waals surface area contributed by atoms with E-state index in [0.717, 1.165) is 5.75 Å². The van der Waals surface area contributed by atoms with Crippen LogP contribution in [-0.4, -0.2) is 7.11 Å². The van der Waals surface area contributed by atoms with Gasteiger partial charge in [0, 0.05) is 0 Å². The van der Waals surface area contributed by atoms with Gasteiger partial charge in [0.15, 0.2) is 0 Å². The van der Waals surface area contributed by atoms with Crippen LogP contribution in [0.2, 0.25) is 0 Å². The first-order chi connectivity index (χ1) is 8.86. The summed E-state index contributed by atoms with van der Waals surface area (Å²) in [6, 6.07) is 23.1. The molecule has 3 aromatic rings. The molecular weight excluding hydrogens is 232 g/mol. The predicted octanol–water partition coefficient (Wildman–Crippen LogP) is 5.15. The van der Waals surface area contributed by atoms with Crippen LogP contribution in [0, 0.1) is 0 Å². The van der Waals surface area contributed by atoms with Crippen molar-refractivity contribution in [1.29, 1.82) is 0 Å². The molecule has 0 radical (unpaired) electrons. The minimum absolute atomic E-state index is 0. The molecule has 0 aliphatic carbocycles. The van der Waals surface area contributed by atoms with Gasteiger partial charge in [0.1, 0.15) is 5.75 Å². The molecule has 96 valence electrons. The summed E-state index contributed by atoms with van der Waals surface area (Å²) in [4.78, 5) is 0. The van der Waals surface area contributed by atoms with E-state index in [4.69, 9.17) is 4.74 Å². The maximum absolute atomic E-state index is 5.26. The molecule has 1 nitrogen and oxygen atoms in total. The summed E-state index contributed by atoms with van der Waals surface area (Å²) in [7, 11) is 1.69. The minimum Gasteiger partial charge on any atom is -0.497 e. The van der Waals surface area contributed by atoms with Crippen LogP contribution in [0.3, 0.4) is 0 Å². The fourth-order valence-corrected chi connectivity index (χ4v) is 2.17. The normalized spacial score (nSPS) is 9.95. The van der Waals surface area contributed by atoms with Gasteiger partial charge >= 0.3 is 0 Å². The van der Waals surface area contributed by atoms with E-state index in [-0.39, 0.29) is 7.43 Å². The topological polar surface area (TPSA) is 9.23 Å². The summed E-state index contributed by atoms with van der Waals surface area (Å²) < 4.78 is 5.26. The van der Waals surface area contributed by atoms with E-state index >= 15 is 0 Å². The maximum atomic E-state index is 5.26. The van der Waals surface area contributed by atoms with Gasteiger partial charge in [-0.2, -0.15) is 0 Å². The molecule has 0 bridgehead atoms. The summed E-state index contributed by atoms with van der Waals surface area (Å²) in [6.45, 7) is 0. The fourth-order valence-electron chi connectivity index (χ4n) is 2.17. The van der Waals surface area contributed by atoms with Crippen LogP contribution in [0.4, 0.5) is 0 Å². The van der Waals surface area contributed by atoms with Crippen molar-refractivity contribution in [3.8, 4) is 16.9 Å². The maximum Gasteiger partial charge on any atom is 0.119 e. The Hall–Kier alpha value is -2.28. The molecule has 0 spiro atoms. The van der Waals surface area contributed by atoms with Gasteiger partial charge in [-0.25, -0.2) is 0 Å². The number of ether oxygens (including phenoxy) is 1. The largest absolute Gasteiger partial charge is 0.497 e. The zero-order valence-electron chi connectivity index (χ0n) is 10.3. The Bertz CT molecular complexity index is 686. The van der Waals surface area contributed by atoms with Crippen LogP contribution in [0.15, 0.2) is 66.7 Å². The Kier molecular flexibility index (Phi) is 3.86. The lowest BCUT2D eigenvalue weighted by Gasteiger charge is -2.06. The van der Waals surface area contributed by atoms with Crippen LogP contribution >= 0.6 is 0 Å². The van der Waals surface area contributed by atoms with Gasteiger partial charge in [-0.15, -0.1) is 0 Å². The van der Waals surface area contributed by atoms with Gasteiger partial charge < -0.3 is 4.74 Å². The van der Waals surface area contributed by atoms with Crippen molar-refractivity contribution in [3.63, 3.8) is 0 Å². The van der Waals surface area contributed by atoms with Gasteiger partial charge in [-0.1, -0.05) is 56.0 Å². The van der Waals surface area contributed by atoms with E-state index in [1.54, 1.807) is 7.11 Å². The third-order valence-corrected chi connectivity index (χ3v) is 3.15. The highest BCUT2D eigenvalue weighted by molar-refractivity contribution is 5.87. The highest BCUT2D eigenvalue weighted by Gasteiger charge is 2.00. The third-order valence-electron chi connectivity index (χ3n) is 3.15. The third kappa shape index (κ3) is 2.60. The molecule has 0 amide bonds. The van der Waals surface area contributed by atoms with Gasteiger partial charge in [0.25, 0.3) is 0 Å². The van der Waals surface area contributed by atoms with E-state index in [9.17, 15) is 0 Å². The van der Waals surface area contributed by atoms with E-state index in [2.05, 4.69) is 54.6 Å². The zero-order chi connectivity index (χ0) is 12.4. The van der Waals surface area contributed by atoms with Gasteiger partial charge in [-0.3, -0.25) is 0 Å². The minimum atomic E-state index is 0. The van der Waals surface area contributed by atoms with Crippen molar-refractivity contribution in [2.45, 2.75) is 7.43 Å². The SMILES string of the molecule is C.COc1cccc(-c2ccc3ccccc3c2)c1. The highest BCUT2D eigenvalue weighted by atomic mass is 16.5. The van der Waals surface area contributed by atoms with Crippen molar-refractivity contribution >= 4 is 10.8 Å². The van der Waals surface area contributed by atoms with Crippen molar-refractivity contribution in [2.75, 3.05) is 7.11 Å². The molecule has 0 heterocycles. The molecule has 0 aliphatic heterocycles. The van der Waals surface area contributed by atoms with Crippen LogP contribution in [0.1, 0.15) is 7.43 Å². The molecule has 3 aromatic carbocycles. The van der Waals surface area contributed by atoms with Crippen LogP contribution in [-0.2, 0) is 0 Å². The lowest BCUT2D eigenvalue weighted by molar-refractivity contribution is 0.415. The van der Waals surface area contributed by atoms with Gasteiger partial charge in [0.2, 0.25) is 0 Å².